The number of hydrogen-bond acceptors (Lipinski definition) is 4. The number of amides is 1. The van der Waals surface area contributed by atoms with E-state index in [4.69, 9.17) is 17.3 Å². The number of hydrogen-bond donors (Lipinski definition) is 1. The van der Waals surface area contributed by atoms with Crippen molar-refractivity contribution in [2.45, 2.75) is 6.42 Å². The third kappa shape index (κ3) is 3.60. The maximum atomic E-state index is 12.3. The molecule has 0 unspecified atom stereocenters. The molecule has 6 nitrogen and oxygen atoms in total. The average Bonchev–Trinajstić information content (AvgIpc) is 2.50. The zero-order chi connectivity index (χ0) is 17.1. The fourth-order valence-corrected chi connectivity index (χ4v) is 2.43. The van der Waals surface area contributed by atoms with Crippen LogP contribution in [0.3, 0.4) is 0 Å². The lowest BCUT2D eigenvalue weighted by Crippen LogP contribution is -2.23. The maximum absolute atomic E-state index is 12.3. The van der Waals surface area contributed by atoms with E-state index in [9.17, 15) is 14.9 Å². The van der Waals surface area contributed by atoms with Gasteiger partial charge in [0.2, 0.25) is 0 Å². The summed E-state index contributed by atoms with van der Waals surface area (Å²) in [6.07, 6.45) is 0.216. The van der Waals surface area contributed by atoms with Crippen molar-refractivity contribution in [3.05, 3.63) is 68.2 Å². The predicted molar refractivity (Wildman–Crippen MR) is 89.8 cm³/mol. The van der Waals surface area contributed by atoms with E-state index in [-0.39, 0.29) is 23.0 Å². The number of nitro benzene ring substituents is 1. The number of carbonyl (C=O) groups is 1. The van der Waals surface area contributed by atoms with Gasteiger partial charge >= 0.3 is 0 Å². The summed E-state index contributed by atoms with van der Waals surface area (Å²) in [5, 5.41) is 11.4. The largest absolute Gasteiger partial charge is 0.398 e. The number of benzene rings is 2. The molecule has 2 N–H and O–H groups in total. The highest BCUT2D eigenvalue weighted by molar-refractivity contribution is 6.33. The highest BCUT2D eigenvalue weighted by atomic mass is 35.5. The van der Waals surface area contributed by atoms with Crippen LogP contribution in [0.15, 0.2) is 36.4 Å². The van der Waals surface area contributed by atoms with Crippen molar-refractivity contribution in [3.8, 4) is 0 Å². The zero-order valence-electron chi connectivity index (χ0n) is 12.7. The molecule has 1 amide bonds. The molecule has 120 valence electrons. The van der Waals surface area contributed by atoms with Gasteiger partial charge in [0, 0.05) is 37.7 Å². The minimum Gasteiger partial charge on any atom is -0.398 e. The number of carbonyl (C=O) groups excluding carboxylic acids is 1. The highest BCUT2D eigenvalue weighted by Gasteiger charge is 2.19. The second-order valence-corrected chi connectivity index (χ2v) is 5.70. The quantitative estimate of drug-likeness (QED) is 0.529. The Balaban J connectivity index is 2.54. The van der Waals surface area contributed by atoms with Gasteiger partial charge < -0.3 is 10.6 Å². The standard InChI is InChI=1S/C16H16ClN3O3/c1-19(2)16(21)12-9-13(17)14(18)8-11(12)7-10-5-3-4-6-15(10)20(22)23/h3-6,8-9H,7,18H2,1-2H3. The number of nitrogens with zero attached hydrogens (tertiary/aromatic N) is 2. The summed E-state index contributed by atoms with van der Waals surface area (Å²) in [4.78, 5) is 24.5. The average molecular weight is 334 g/mol. The molecule has 0 aliphatic carbocycles. The van der Waals surface area contributed by atoms with Crippen LogP contribution < -0.4 is 5.73 Å². The van der Waals surface area contributed by atoms with E-state index in [1.807, 2.05) is 0 Å². The highest BCUT2D eigenvalue weighted by Crippen LogP contribution is 2.28. The van der Waals surface area contributed by atoms with Crippen molar-refractivity contribution in [3.63, 3.8) is 0 Å². The van der Waals surface area contributed by atoms with Gasteiger partial charge in [-0.25, -0.2) is 0 Å². The van der Waals surface area contributed by atoms with Gasteiger partial charge in [0.05, 0.1) is 15.6 Å². The lowest BCUT2D eigenvalue weighted by molar-refractivity contribution is -0.385. The third-order valence-corrected chi connectivity index (χ3v) is 3.76. The second-order valence-electron chi connectivity index (χ2n) is 5.29. The van der Waals surface area contributed by atoms with Gasteiger partial charge in [-0.1, -0.05) is 29.8 Å². The molecular weight excluding hydrogens is 318 g/mol. The minimum atomic E-state index is -0.442. The van der Waals surface area contributed by atoms with E-state index in [1.165, 1.54) is 17.0 Å². The normalized spacial score (nSPS) is 10.4. The number of anilines is 1. The van der Waals surface area contributed by atoms with E-state index >= 15 is 0 Å². The van der Waals surface area contributed by atoms with Crippen molar-refractivity contribution in [2.75, 3.05) is 19.8 Å². The van der Waals surface area contributed by atoms with Gasteiger partial charge in [-0.3, -0.25) is 14.9 Å². The molecule has 7 heteroatoms. The van der Waals surface area contributed by atoms with Crippen LogP contribution in [0.4, 0.5) is 11.4 Å². The molecule has 0 aliphatic rings. The Morgan fingerprint density at radius 2 is 1.91 bits per heavy atom. The first-order valence-corrected chi connectivity index (χ1v) is 7.21. The van der Waals surface area contributed by atoms with Gasteiger partial charge in [0.15, 0.2) is 0 Å². The molecule has 0 aliphatic heterocycles. The summed E-state index contributed by atoms with van der Waals surface area (Å²) in [5.41, 5.74) is 7.65. The zero-order valence-corrected chi connectivity index (χ0v) is 13.5. The number of halogens is 1. The van der Waals surface area contributed by atoms with Gasteiger partial charge in [-0.15, -0.1) is 0 Å². The van der Waals surface area contributed by atoms with Crippen LogP contribution in [-0.4, -0.2) is 29.8 Å². The van der Waals surface area contributed by atoms with Crippen LogP contribution in [0.1, 0.15) is 21.5 Å². The lowest BCUT2D eigenvalue weighted by atomic mass is 9.97. The van der Waals surface area contributed by atoms with Crippen LogP contribution >= 0.6 is 11.6 Å². The summed E-state index contributed by atoms with van der Waals surface area (Å²) in [5.74, 6) is -0.236. The maximum Gasteiger partial charge on any atom is 0.272 e. The minimum absolute atomic E-state index is 0.00396. The topological polar surface area (TPSA) is 89.5 Å². The number of para-hydroxylation sites is 1. The molecule has 2 aromatic rings. The monoisotopic (exact) mass is 333 g/mol. The first-order chi connectivity index (χ1) is 10.8. The predicted octanol–water partition coefficient (Wildman–Crippen LogP) is 3.12. The number of nitro groups is 1. The molecule has 2 rings (SSSR count). The molecule has 0 saturated carbocycles. The number of nitrogens with two attached hydrogens (primary N) is 1. The van der Waals surface area contributed by atoms with Crippen LogP contribution in [0.25, 0.3) is 0 Å². The Hall–Kier alpha value is -2.60. The van der Waals surface area contributed by atoms with Crippen molar-refractivity contribution in [1.29, 1.82) is 0 Å². The fourth-order valence-electron chi connectivity index (χ4n) is 2.27. The summed E-state index contributed by atoms with van der Waals surface area (Å²) in [6.45, 7) is 0. The first-order valence-electron chi connectivity index (χ1n) is 6.83. The van der Waals surface area contributed by atoms with Crippen LogP contribution in [0.5, 0.6) is 0 Å². The molecule has 0 atom stereocenters. The van der Waals surface area contributed by atoms with Crippen molar-refractivity contribution in [1.82, 2.24) is 4.90 Å². The second kappa shape index (κ2) is 6.66. The Labute approximate surface area is 138 Å². The van der Waals surface area contributed by atoms with Gasteiger partial charge in [-0.2, -0.15) is 0 Å². The van der Waals surface area contributed by atoms with Crippen LogP contribution in [0, 0.1) is 10.1 Å². The van der Waals surface area contributed by atoms with Crippen LogP contribution in [0.2, 0.25) is 5.02 Å². The SMILES string of the molecule is CN(C)C(=O)c1cc(Cl)c(N)cc1Cc1ccccc1[N+](=O)[O-]. The first kappa shape index (κ1) is 16.8. The van der Waals surface area contributed by atoms with Crippen molar-refractivity contribution in [2.24, 2.45) is 0 Å². The van der Waals surface area contributed by atoms with Gasteiger partial charge in [-0.05, 0) is 17.7 Å². The van der Waals surface area contributed by atoms with E-state index in [0.717, 1.165) is 0 Å². The summed E-state index contributed by atoms with van der Waals surface area (Å²) in [7, 11) is 3.25. The van der Waals surface area contributed by atoms with Crippen molar-refractivity contribution >= 4 is 28.9 Å². The molecule has 0 spiro atoms. The lowest BCUT2D eigenvalue weighted by Gasteiger charge is -2.16. The van der Waals surface area contributed by atoms with Gasteiger partial charge in [0.25, 0.3) is 11.6 Å². The summed E-state index contributed by atoms with van der Waals surface area (Å²) >= 11 is 6.02. The molecule has 0 heterocycles. The molecule has 2 aromatic carbocycles. The molecule has 0 radical (unpaired) electrons. The molecule has 0 saturated heterocycles. The Morgan fingerprint density at radius 1 is 1.26 bits per heavy atom. The Kier molecular flexibility index (Phi) is 4.86. The van der Waals surface area contributed by atoms with Gasteiger partial charge in [0.1, 0.15) is 0 Å². The Morgan fingerprint density at radius 3 is 2.52 bits per heavy atom. The molecule has 0 fully saturated rings. The fraction of sp³-hybridized carbons (Fsp3) is 0.188. The van der Waals surface area contributed by atoms with Crippen LogP contribution in [-0.2, 0) is 6.42 Å². The molecular formula is C16H16ClN3O3. The Bertz CT molecular complexity index is 775. The van der Waals surface area contributed by atoms with Crippen molar-refractivity contribution < 1.29 is 9.72 Å². The van der Waals surface area contributed by atoms with E-state index in [0.29, 0.717) is 22.4 Å². The summed E-state index contributed by atoms with van der Waals surface area (Å²) < 4.78 is 0. The van der Waals surface area contributed by atoms with E-state index < -0.39 is 4.92 Å². The molecule has 0 aromatic heterocycles. The number of nitrogen functional groups attached to an aromatic ring is 1. The smallest absolute Gasteiger partial charge is 0.272 e. The summed E-state index contributed by atoms with van der Waals surface area (Å²) in [6, 6.07) is 9.51. The van der Waals surface area contributed by atoms with E-state index in [1.54, 1.807) is 38.4 Å². The van der Waals surface area contributed by atoms with E-state index in [2.05, 4.69) is 0 Å². The number of rotatable bonds is 4. The molecule has 0 bridgehead atoms. The third-order valence-electron chi connectivity index (χ3n) is 3.43. The molecule has 23 heavy (non-hydrogen) atoms.